The molecule has 1 aliphatic rings. The SMILES string of the molecule is CC1C(O)[C@@H](CO)O[C@@]1(O)n1cnc2c(Cl)ncnc21. The second-order valence-corrected chi connectivity index (χ2v) is 5.09. The molecular weight excluding hydrogens is 288 g/mol. The van der Waals surface area contributed by atoms with Crippen molar-refractivity contribution in [2.75, 3.05) is 6.61 Å². The minimum absolute atomic E-state index is 0.155. The number of hydrogen-bond donors (Lipinski definition) is 3. The van der Waals surface area contributed by atoms with Gasteiger partial charge >= 0.3 is 0 Å². The van der Waals surface area contributed by atoms with Crippen LogP contribution in [-0.2, 0) is 10.6 Å². The summed E-state index contributed by atoms with van der Waals surface area (Å²) in [4.78, 5) is 11.9. The normalized spacial score (nSPS) is 34.0. The first-order valence-electron chi connectivity index (χ1n) is 6.02. The van der Waals surface area contributed by atoms with Crippen LogP contribution in [0.1, 0.15) is 6.92 Å². The molecule has 0 aromatic carbocycles. The third-order valence-electron chi connectivity index (χ3n) is 3.63. The highest BCUT2D eigenvalue weighted by Crippen LogP contribution is 2.39. The molecule has 4 atom stereocenters. The lowest BCUT2D eigenvalue weighted by atomic mass is 10.0. The summed E-state index contributed by atoms with van der Waals surface area (Å²) in [6, 6.07) is 0. The van der Waals surface area contributed by atoms with Crippen molar-refractivity contribution in [3.05, 3.63) is 17.8 Å². The largest absolute Gasteiger partial charge is 0.394 e. The Bertz CT molecular complexity index is 650. The lowest BCUT2D eigenvalue weighted by Gasteiger charge is -2.28. The fraction of sp³-hybridized carbons (Fsp3) is 0.545. The maximum Gasteiger partial charge on any atom is 0.261 e. The molecule has 0 radical (unpaired) electrons. The van der Waals surface area contributed by atoms with Crippen molar-refractivity contribution >= 4 is 22.8 Å². The van der Waals surface area contributed by atoms with Crippen molar-refractivity contribution in [2.24, 2.45) is 5.92 Å². The molecule has 2 unspecified atom stereocenters. The highest BCUT2D eigenvalue weighted by Gasteiger charge is 2.53. The van der Waals surface area contributed by atoms with Crippen molar-refractivity contribution in [1.82, 2.24) is 19.5 Å². The topological polar surface area (TPSA) is 114 Å². The van der Waals surface area contributed by atoms with Gasteiger partial charge in [-0.2, -0.15) is 0 Å². The average Bonchev–Trinajstić information content (AvgIpc) is 2.96. The number of halogens is 1. The highest BCUT2D eigenvalue weighted by atomic mass is 35.5. The summed E-state index contributed by atoms with van der Waals surface area (Å²) in [5.74, 6) is -2.55. The van der Waals surface area contributed by atoms with Crippen LogP contribution < -0.4 is 0 Å². The number of aromatic nitrogens is 4. The molecule has 108 valence electrons. The Morgan fingerprint density at radius 2 is 2.20 bits per heavy atom. The van der Waals surface area contributed by atoms with E-state index >= 15 is 0 Å². The molecule has 3 N–H and O–H groups in total. The Balaban J connectivity index is 2.13. The predicted molar refractivity (Wildman–Crippen MR) is 67.7 cm³/mol. The van der Waals surface area contributed by atoms with Crippen LogP contribution in [0.3, 0.4) is 0 Å². The summed E-state index contributed by atoms with van der Waals surface area (Å²) in [5.41, 5.74) is 0.602. The standard InChI is InChI=1S/C11H13ClN4O4/c1-5-8(18)6(2-17)20-11(5,19)16-4-15-7-9(12)13-3-14-10(7)16/h3-6,8,17-19H,2H2,1H3/t5?,6-,8?,11-/m1/s1. The van der Waals surface area contributed by atoms with Gasteiger partial charge in [0.05, 0.1) is 18.6 Å². The molecule has 8 nitrogen and oxygen atoms in total. The van der Waals surface area contributed by atoms with Crippen molar-refractivity contribution < 1.29 is 20.1 Å². The van der Waals surface area contributed by atoms with E-state index in [1.54, 1.807) is 6.92 Å². The van der Waals surface area contributed by atoms with Crippen LogP contribution in [-0.4, -0.2) is 53.7 Å². The van der Waals surface area contributed by atoms with Crippen molar-refractivity contribution in [2.45, 2.75) is 25.0 Å². The molecule has 0 spiro atoms. The number of hydrogen-bond acceptors (Lipinski definition) is 7. The third-order valence-corrected chi connectivity index (χ3v) is 3.90. The van der Waals surface area contributed by atoms with Gasteiger partial charge in [-0.3, -0.25) is 4.57 Å². The van der Waals surface area contributed by atoms with E-state index in [1.807, 2.05) is 0 Å². The third kappa shape index (κ3) is 1.73. The summed E-state index contributed by atoms with van der Waals surface area (Å²) >= 11 is 5.90. The Morgan fingerprint density at radius 1 is 1.45 bits per heavy atom. The number of nitrogens with zero attached hydrogens (tertiary/aromatic N) is 4. The van der Waals surface area contributed by atoms with Gasteiger partial charge in [-0.1, -0.05) is 18.5 Å². The van der Waals surface area contributed by atoms with E-state index in [2.05, 4.69) is 15.0 Å². The van der Waals surface area contributed by atoms with Gasteiger partial charge in [0.15, 0.2) is 10.8 Å². The summed E-state index contributed by atoms with van der Waals surface area (Å²) in [6.45, 7) is 1.20. The van der Waals surface area contributed by atoms with E-state index in [9.17, 15) is 15.3 Å². The van der Waals surface area contributed by atoms with E-state index in [0.717, 1.165) is 0 Å². The molecule has 0 saturated carbocycles. The molecule has 1 fully saturated rings. The molecule has 9 heteroatoms. The number of imidazole rings is 1. The zero-order chi connectivity index (χ0) is 14.5. The minimum Gasteiger partial charge on any atom is -0.394 e. The fourth-order valence-electron chi connectivity index (χ4n) is 2.41. The Labute approximate surface area is 118 Å². The number of aliphatic hydroxyl groups is 3. The van der Waals surface area contributed by atoms with Crippen LogP contribution in [0, 0.1) is 5.92 Å². The Morgan fingerprint density at radius 3 is 2.85 bits per heavy atom. The Hall–Kier alpha value is -1.32. The van der Waals surface area contributed by atoms with Gasteiger partial charge in [0.2, 0.25) is 0 Å². The first-order valence-corrected chi connectivity index (χ1v) is 6.40. The van der Waals surface area contributed by atoms with Gasteiger partial charge in [0, 0.05) is 0 Å². The number of fused-ring (bicyclic) bond motifs is 1. The Kier molecular flexibility index (Phi) is 3.14. The number of ether oxygens (including phenoxy) is 1. The zero-order valence-electron chi connectivity index (χ0n) is 10.5. The van der Waals surface area contributed by atoms with Gasteiger partial charge in [-0.25, -0.2) is 15.0 Å². The second kappa shape index (κ2) is 4.61. The fourth-order valence-corrected chi connectivity index (χ4v) is 2.58. The molecule has 0 bridgehead atoms. The molecule has 20 heavy (non-hydrogen) atoms. The molecule has 2 aromatic rings. The first-order chi connectivity index (χ1) is 9.49. The highest BCUT2D eigenvalue weighted by molar-refractivity contribution is 6.33. The van der Waals surface area contributed by atoms with Crippen LogP contribution in [0.2, 0.25) is 5.15 Å². The van der Waals surface area contributed by atoms with Crippen LogP contribution in [0.5, 0.6) is 0 Å². The minimum atomic E-state index is -1.86. The summed E-state index contributed by atoms with van der Waals surface area (Å²) in [5, 5.41) is 30.0. The molecule has 1 aliphatic heterocycles. The van der Waals surface area contributed by atoms with E-state index in [1.165, 1.54) is 17.2 Å². The molecule has 2 aromatic heterocycles. The van der Waals surface area contributed by atoms with E-state index in [4.69, 9.17) is 16.3 Å². The first kappa shape index (κ1) is 13.7. The molecular formula is C11H13ClN4O4. The lowest BCUT2D eigenvalue weighted by molar-refractivity contribution is -0.271. The molecule has 3 heterocycles. The summed E-state index contributed by atoms with van der Waals surface area (Å²) in [6.07, 6.45) is 0.657. The molecule has 1 saturated heterocycles. The number of rotatable bonds is 2. The smallest absolute Gasteiger partial charge is 0.261 e. The maximum absolute atomic E-state index is 10.7. The van der Waals surface area contributed by atoms with Crippen molar-refractivity contribution in [3.63, 3.8) is 0 Å². The van der Waals surface area contributed by atoms with E-state index in [-0.39, 0.29) is 10.8 Å². The van der Waals surface area contributed by atoms with Gasteiger partial charge in [0.25, 0.3) is 5.91 Å². The van der Waals surface area contributed by atoms with Crippen LogP contribution in [0.4, 0.5) is 0 Å². The van der Waals surface area contributed by atoms with E-state index < -0.39 is 30.6 Å². The van der Waals surface area contributed by atoms with Crippen molar-refractivity contribution in [1.29, 1.82) is 0 Å². The summed E-state index contributed by atoms with van der Waals surface area (Å²) < 4.78 is 6.67. The quantitative estimate of drug-likeness (QED) is 0.639. The van der Waals surface area contributed by atoms with Gasteiger partial charge in [0.1, 0.15) is 24.3 Å². The zero-order valence-corrected chi connectivity index (χ0v) is 11.3. The second-order valence-electron chi connectivity index (χ2n) is 4.73. The molecule has 0 amide bonds. The van der Waals surface area contributed by atoms with Crippen LogP contribution in [0.25, 0.3) is 11.2 Å². The number of aliphatic hydroxyl groups excluding tert-OH is 2. The lowest BCUT2D eigenvalue weighted by Crippen LogP contribution is -2.39. The van der Waals surface area contributed by atoms with Gasteiger partial charge in [-0.05, 0) is 0 Å². The summed E-state index contributed by atoms with van der Waals surface area (Å²) in [7, 11) is 0. The van der Waals surface area contributed by atoms with Crippen molar-refractivity contribution in [3.8, 4) is 0 Å². The average molecular weight is 301 g/mol. The predicted octanol–water partition coefficient (Wildman–Crippen LogP) is -0.530. The molecule has 3 rings (SSSR count). The van der Waals surface area contributed by atoms with Crippen LogP contribution in [0.15, 0.2) is 12.7 Å². The van der Waals surface area contributed by atoms with Gasteiger partial charge < -0.3 is 20.1 Å². The monoisotopic (exact) mass is 300 g/mol. The molecule has 0 aliphatic carbocycles. The van der Waals surface area contributed by atoms with E-state index in [0.29, 0.717) is 5.52 Å². The van der Waals surface area contributed by atoms with Gasteiger partial charge in [-0.15, -0.1) is 0 Å². The maximum atomic E-state index is 10.7. The van der Waals surface area contributed by atoms with Crippen LogP contribution >= 0.6 is 11.6 Å².